The van der Waals surface area contributed by atoms with Crippen LogP contribution in [0.25, 0.3) is 0 Å². The molecule has 0 saturated carbocycles. The molecule has 0 rings (SSSR count). The lowest BCUT2D eigenvalue weighted by molar-refractivity contribution is -0.310. The summed E-state index contributed by atoms with van der Waals surface area (Å²) in [5.41, 5.74) is 0. The Morgan fingerprint density at radius 3 is 1.50 bits per heavy atom. The molecule has 0 aromatic rings. The first-order chi connectivity index (χ1) is 12.5. The Bertz CT molecular complexity index is 529. The predicted octanol–water partition coefficient (Wildman–Crippen LogP) is 4.58. The molecule has 0 aliphatic carbocycles. The van der Waals surface area contributed by atoms with Gasteiger partial charge in [0.05, 0.1) is 0 Å². The number of hydrogen-bond acceptors (Lipinski definition) is 2. The van der Waals surface area contributed by atoms with Crippen LogP contribution in [0.5, 0.6) is 0 Å². The molecule has 2 nitrogen and oxygen atoms in total. The van der Waals surface area contributed by atoms with E-state index in [2.05, 4.69) is 11.3 Å². The van der Waals surface area contributed by atoms with Crippen LogP contribution >= 0.6 is 0 Å². The van der Waals surface area contributed by atoms with Crippen LogP contribution in [0.4, 0.5) is 57.1 Å². The van der Waals surface area contributed by atoms with Crippen molar-refractivity contribution in [1.82, 2.24) is 0 Å². The minimum Gasteiger partial charge on any atom is -0.421 e. The van der Waals surface area contributed by atoms with Gasteiger partial charge in [-0.05, 0) is 0 Å². The third-order valence-electron chi connectivity index (χ3n) is 3.20. The molecule has 0 aliphatic heterocycles. The highest BCUT2D eigenvalue weighted by molar-refractivity contribution is 5.81. The smallest absolute Gasteiger partial charge is 0.378 e. The van der Waals surface area contributed by atoms with E-state index in [1.54, 1.807) is 0 Å². The summed E-state index contributed by atoms with van der Waals surface area (Å²) in [5.74, 6) is -14.9. The zero-order chi connectivity index (χ0) is 22.6. The summed E-state index contributed by atoms with van der Waals surface area (Å²) in [5, 5.41) is 0. The SMILES string of the molecule is C=CC(=O)OC(F)C(F)(F)C(F)(F)C(F)C(F)C(F)C(F)C(F)C(F)C(F)F. The Balaban J connectivity index is 5.47. The highest BCUT2D eigenvalue weighted by atomic mass is 19.3. The van der Waals surface area contributed by atoms with Crippen molar-refractivity contribution in [2.24, 2.45) is 0 Å². The number of carbonyl (C=O) groups excluding carboxylic acids is 1. The molecule has 0 spiro atoms. The van der Waals surface area contributed by atoms with E-state index in [0.717, 1.165) is 0 Å². The van der Waals surface area contributed by atoms with E-state index in [-0.39, 0.29) is 6.08 Å². The van der Waals surface area contributed by atoms with Crippen LogP contribution in [0.3, 0.4) is 0 Å². The quantitative estimate of drug-likeness (QED) is 0.264. The fourth-order valence-corrected chi connectivity index (χ4v) is 1.59. The first kappa shape index (κ1) is 26.3. The van der Waals surface area contributed by atoms with Crippen molar-refractivity contribution >= 4 is 5.97 Å². The van der Waals surface area contributed by atoms with Gasteiger partial charge in [-0.15, -0.1) is 0 Å². The largest absolute Gasteiger partial charge is 0.421 e. The molecule has 0 heterocycles. The topological polar surface area (TPSA) is 26.3 Å². The maximum absolute atomic E-state index is 13.4. The standard InChI is InChI=1S/C13H11F13O2/c1-2-3(27)28-11(22)13(25,26)12(23,24)9(19)7(17)5(15)4(14)6(16)8(18)10(20)21/h2,4-11H,1H2. The fraction of sp³-hybridized carbons (Fsp3) is 0.769. The molecule has 15 heteroatoms. The molecule has 28 heavy (non-hydrogen) atoms. The highest BCUT2D eigenvalue weighted by Gasteiger charge is 2.70. The Hall–Kier alpha value is -1.70. The van der Waals surface area contributed by atoms with Gasteiger partial charge in [0.2, 0.25) is 6.17 Å². The molecule has 0 bridgehead atoms. The summed E-state index contributed by atoms with van der Waals surface area (Å²) in [4.78, 5) is 10.5. The lowest BCUT2D eigenvalue weighted by atomic mass is 9.96. The van der Waals surface area contributed by atoms with Crippen molar-refractivity contribution in [2.75, 3.05) is 0 Å². The van der Waals surface area contributed by atoms with Crippen LogP contribution in [0, 0.1) is 0 Å². The van der Waals surface area contributed by atoms with E-state index >= 15 is 0 Å². The number of halogens is 13. The van der Waals surface area contributed by atoms with Crippen molar-refractivity contribution in [1.29, 1.82) is 0 Å². The van der Waals surface area contributed by atoms with Crippen LogP contribution in [0.15, 0.2) is 12.7 Å². The van der Waals surface area contributed by atoms with Gasteiger partial charge in [-0.2, -0.15) is 22.0 Å². The van der Waals surface area contributed by atoms with Crippen molar-refractivity contribution in [3.05, 3.63) is 12.7 Å². The molecular formula is C13H11F13O2. The third-order valence-corrected chi connectivity index (χ3v) is 3.20. The van der Waals surface area contributed by atoms with Crippen LogP contribution < -0.4 is 0 Å². The van der Waals surface area contributed by atoms with Crippen molar-refractivity contribution in [2.45, 2.75) is 61.7 Å². The predicted molar refractivity (Wildman–Crippen MR) is 66.5 cm³/mol. The zero-order valence-corrected chi connectivity index (χ0v) is 13.1. The summed E-state index contributed by atoms with van der Waals surface area (Å²) in [6.45, 7) is 2.59. The van der Waals surface area contributed by atoms with E-state index in [9.17, 15) is 61.9 Å². The molecule has 0 aliphatic rings. The maximum Gasteiger partial charge on any atom is 0.378 e. The number of carbonyl (C=O) groups is 1. The number of alkyl halides is 13. The van der Waals surface area contributed by atoms with Crippen LogP contribution in [0.1, 0.15) is 0 Å². The van der Waals surface area contributed by atoms with Crippen LogP contribution in [0.2, 0.25) is 0 Å². The van der Waals surface area contributed by atoms with E-state index in [0.29, 0.717) is 0 Å². The van der Waals surface area contributed by atoms with E-state index in [1.165, 1.54) is 0 Å². The molecule has 0 aromatic heterocycles. The fourth-order valence-electron chi connectivity index (χ4n) is 1.59. The Morgan fingerprint density at radius 1 is 0.714 bits per heavy atom. The third kappa shape index (κ3) is 5.43. The van der Waals surface area contributed by atoms with Gasteiger partial charge < -0.3 is 4.74 Å². The minimum absolute atomic E-state index is 0.0226. The number of ether oxygens (including phenoxy) is 1. The molecule has 0 N–H and O–H groups in total. The summed E-state index contributed by atoms with van der Waals surface area (Å²) < 4.78 is 172. The summed E-state index contributed by atoms with van der Waals surface area (Å²) in [6.07, 6.45) is -35.6. The Labute approximate surface area is 148 Å². The summed E-state index contributed by atoms with van der Waals surface area (Å²) in [6, 6.07) is 0. The second-order valence-electron chi connectivity index (χ2n) is 5.16. The normalized spacial score (nSPS) is 20.6. The highest BCUT2D eigenvalue weighted by Crippen LogP contribution is 2.45. The Kier molecular flexibility index (Phi) is 9.09. The van der Waals surface area contributed by atoms with Gasteiger partial charge in [0.1, 0.15) is 0 Å². The first-order valence-electron chi connectivity index (χ1n) is 6.89. The summed E-state index contributed by atoms with van der Waals surface area (Å²) >= 11 is 0. The second-order valence-corrected chi connectivity index (χ2v) is 5.16. The number of esters is 1. The van der Waals surface area contributed by atoms with Gasteiger partial charge in [0.15, 0.2) is 30.9 Å². The molecule has 7 unspecified atom stereocenters. The lowest BCUT2D eigenvalue weighted by Crippen LogP contribution is -2.59. The molecule has 0 saturated heterocycles. The molecule has 0 aromatic carbocycles. The Morgan fingerprint density at radius 2 is 1.11 bits per heavy atom. The molecular weight excluding hydrogens is 435 g/mol. The molecule has 0 fully saturated rings. The van der Waals surface area contributed by atoms with Crippen LogP contribution in [-0.2, 0) is 9.53 Å². The van der Waals surface area contributed by atoms with Crippen molar-refractivity contribution in [3.63, 3.8) is 0 Å². The first-order valence-corrected chi connectivity index (χ1v) is 6.89. The molecule has 0 radical (unpaired) electrons. The minimum atomic E-state index is -6.51. The van der Waals surface area contributed by atoms with Gasteiger partial charge in [-0.3, -0.25) is 0 Å². The van der Waals surface area contributed by atoms with Gasteiger partial charge in [-0.25, -0.2) is 39.9 Å². The van der Waals surface area contributed by atoms with E-state index < -0.39 is 67.6 Å². The monoisotopic (exact) mass is 446 g/mol. The molecule has 0 amide bonds. The van der Waals surface area contributed by atoms with Crippen LogP contribution in [-0.4, -0.2) is 67.6 Å². The van der Waals surface area contributed by atoms with Gasteiger partial charge in [-0.1, -0.05) is 6.58 Å². The van der Waals surface area contributed by atoms with Crippen molar-refractivity contribution < 1.29 is 66.6 Å². The molecule has 7 atom stereocenters. The van der Waals surface area contributed by atoms with Gasteiger partial charge >= 0.3 is 24.2 Å². The number of hydrogen-bond donors (Lipinski definition) is 0. The van der Waals surface area contributed by atoms with Gasteiger partial charge in [0.25, 0.3) is 6.43 Å². The van der Waals surface area contributed by atoms with E-state index in [1.807, 2.05) is 0 Å². The van der Waals surface area contributed by atoms with E-state index in [4.69, 9.17) is 0 Å². The summed E-state index contributed by atoms with van der Waals surface area (Å²) in [7, 11) is 0. The van der Waals surface area contributed by atoms with Gasteiger partial charge in [0, 0.05) is 6.08 Å². The average Bonchev–Trinajstić information content (AvgIpc) is 2.63. The molecule has 166 valence electrons. The zero-order valence-electron chi connectivity index (χ0n) is 13.1. The lowest BCUT2D eigenvalue weighted by Gasteiger charge is -2.33. The average molecular weight is 446 g/mol. The second kappa shape index (κ2) is 9.67. The maximum atomic E-state index is 13.4. The number of rotatable bonds is 11. The van der Waals surface area contributed by atoms with Crippen molar-refractivity contribution in [3.8, 4) is 0 Å².